The molecule has 1 atom stereocenters. The summed E-state index contributed by atoms with van der Waals surface area (Å²) in [5, 5.41) is 5.20. The number of nitrogens with one attached hydrogen (secondary N) is 1. The Kier molecular flexibility index (Phi) is 6.66. The van der Waals surface area contributed by atoms with Crippen molar-refractivity contribution in [2.75, 3.05) is 31.5 Å². The zero-order valence-corrected chi connectivity index (χ0v) is 20.1. The Morgan fingerprint density at radius 1 is 1.00 bits per heavy atom. The zero-order valence-electron chi connectivity index (χ0n) is 18.4. The Labute approximate surface area is 183 Å². The Bertz CT molecular complexity index is 1010. The molecule has 0 spiro atoms. The zero-order chi connectivity index (χ0) is 22.2. The Hall–Kier alpha value is -1.81. The van der Waals surface area contributed by atoms with Crippen molar-refractivity contribution in [3.8, 4) is 0 Å². The van der Waals surface area contributed by atoms with Gasteiger partial charge in [-0.2, -0.15) is 4.31 Å². The van der Waals surface area contributed by atoms with E-state index in [1.54, 1.807) is 10.5 Å². The first kappa shape index (κ1) is 22.9. The van der Waals surface area contributed by atoms with Crippen LogP contribution in [0.5, 0.6) is 0 Å². The van der Waals surface area contributed by atoms with Crippen molar-refractivity contribution in [3.05, 3.63) is 39.4 Å². The number of amides is 1. The molecular formula is C21H30N4O3S2. The maximum atomic E-state index is 13.5. The average Bonchev–Trinajstić information content (AvgIpc) is 3.23. The molecule has 1 amide bonds. The molecule has 1 aliphatic rings. The lowest BCUT2D eigenvalue weighted by Gasteiger charge is -2.37. The van der Waals surface area contributed by atoms with Gasteiger partial charge >= 0.3 is 0 Å². The molecule has 164 valence electrons. The number of piperazine rings is 1. The first-order valence-corrected chi connectivity index (χ1v) is 12.4. The predicted octanol–water partition coefficient (Wildman–Crippen LogP) is 3.02. The van der Waals surface area contributed by atoms with Crippen molar-refractivity contribution in [2.24, 2.45) is 0 Å². The third-order valence-corrected chi connectivity index (χ3v) is 9.25. The maximum absolute atomic E-state index is 13.5. The molecule has 1 saturated heterocycles. The molecule has 0 bridgehead atoms. The molecule has 1 unspecified atom stereocenters. The molecule has 1 fully saturated rings. The number of hydrogen-bond donors (Lipinski definition) is 1. The minimum atomic E-state index is -3.60. The number of rotatable bonds is 5. The molecule has 1 aliphatic heterocycles. The average molecular weight is 451 g/mol. The first-order valence-electron chi connectivity index (χ1n) is 10.1. The van der Waals surface area contributed by atoms with Gasteiger partial charge in [-0.3, -0.25) is 9.69 Å². The molecule has 7 nitrogen and oxygen atoms in total. The topological polar surface area (TPSA) is 82.6 Å². The summed E-state index contributed by atoms with van der Waals surface area (Å²) in [6, 6.07) is -0.355. The van der Waals surface area contributed by atoms with Gasteiger partial charge in [-0.1, -0.05) is 0 Å². The van der Waals surface area contributed by atoms with Crippen LogP contribution in [0.25, 0.3) is 0 Å². The van der Waals surface area contributed by atoms with E-state index in [4.69, 9.17) is 0 Å². The van der Waals surface area contributed by atoms with E-state index in [1.165, 1.54) is 11.3 Å². The fourth-order valence-electron chi connectivity index (χ4n) is 3.97. The first-order chi connectivity index (χ1) is 14.1. The molecule has 3 rings (SSSR count). The van der Waals surface area contributed by atoms with Crippen LogP contribution in [0.4, 0.5) is 5.13 Å². The molecule has 9 heteroatoms. The summed E-state index contributed by atoms with van der Waals surface area (Å²) >= 11 is 1.37. The van der Waals surface area contributed by atoms with E-state index < -0.39 is 10.0 Å². The second-order valence-corrected chi connectivity index (χ2v) is 10.7. The highest BCUT2D eigenvalue weighted by atomic mass is 32.2. The van der Waals surface area contributed by atoms with Gasteiger partial charge in [0.2, 0.25) is 15.9 Å². The highest BCUT2D eigenvalue weighted by Gasteiger charge is 2.34. The molecule has 1 aromatic heterocycles. The van der Waals surface area contributed by atoms with Gasteiger partial charge in [0.25, 0.3) is 0 Å². The summed E-state index contributed by atoms with van der Waals surface area (Å²) in [5.74, 6) is -0.127. The second-order valence-electron chi connectivity index (χ2n) is 7.90. The molecule has 2 heterocycles. The van der Waals surface area contributed by atoms with Gasteiger partial charge in [-0.05, 0) is 69.4 Å². The SMILES string of the molecule is Cc1c(C)c(C)c(S(=O)(=O)N2CCN(C(C)C(=O)Nc3nccs3)CC2)c(C)c1C. The van der Waals surface area contributed by atoms with Crippen LogP contribution >= 0.6 is 11.3 Å². The highest BCUT2D eigenvalue weighted by Crippen LogP contribution is 2.32. The van der Waals surface area contributed by atoms with Gasteiger partial charge in [0.05, 0.1) is 10.9 Å². The van der Waals surface area contributed by atoms with Crippen LogP contribution in [-0.2, 0) is 14.8 Å². The predicted molar refractivity (Wildman–Crippen MR) is 121 cm³/mol. The summed E-state index contributed by atoms with van der Waals surface area (Å²) in [7, 11) is -3.60. The normalized spacial score (nSPS) is 17.1. The lowest BCUT2D eigenvalue weighted by Crippen LogP contribution is -2.54. The number of benzene rings is 1. The molecule has 0 saturated carbocycles. The minimum Gasteiger partial charge on any atom is -0.301 e. The van der Waals surface area contributed by atoms with E-state index in [-0.39, 0.29) is 11.9 Å². The summed E-state index contributed by atoms with van der Waals surface area (Å²) < 4.78 is 28.5. The highest BCUT2D eigenvalue weighted by molar-refractivity contribution is 7.89. The van der Waals surface area contributed by atoms with E-state index in [0.29, 0.717) is 36.2 Å². The second kappa shape index (κ2) is 8.74. The minimum absolute atomic E-state index is 0.127. The molecule has 1 N–H and O–H groups in total. The third kappa shape index (κ3) is 4.16. The van der Waals surface area contributed by atoms with Gasteiger partial charge in [0.1, 0.15) is 0 Å². The van der Waals surface area contributed by atoms with Crippen LogP contribution in [0.3, 0.4) is 0 Å². The molecule has 0 radical (unpaired) electrons. The van der Waals surface area contributed by atoms with Crippen molar-refractivity contribution in [1.29, 1.82) is 0 Å². The Morgan fingerprint density at radius 3 is 2.03 bits per heavy atom. The number of carbonyl (C=O) groups is 1. The number of carbonyl (C=O) groups excluding carboxylic acids is 1. The number of thiazole rings is 1. The number of aromatic nitrogens is 1. The van der Waals surface area contributed by atoms with E-state index in [2.05, 4.69) is 10.3 Å². The largest absolute Gasteiger partial charge is 0.301 e. The van der Waals surface area contributed by atoms with E-state index in [1.807, 2.05) is 51.8 Å². The fourth-order valence-corrected chi connectivity index (χ4v) is 6.49. The molecule has 0 aliphatic carbocycles. The number of sulfonamides is 1. The summed E-state index contributed by atoms with van der Waals surface area (Å²) in [6.45, 7) is 13.4. The lowest BCUT2D eigenvalue weighted by molar-refractivity contribution is -0.121. The smallest absolute Gasteiger partial charge is 0.243 e. The number of nitrogens with zero attached hydrogens (tertiary/aromatic N) is 3. The number of anilines is 1. The number of hydrogen-bond acceptors (Lipinski definition) is 6. The van der Waals surface area contributed by atoms with E-state index >= 15 is 0 Å². The van der Waals surface area contributed by atoms with Crippen LogP contribution in [-0.4, -0.2) is 60.7 Å². The van der Waals surface area contributed by atoms with Gasteiger partial charge in [-0.25, -0.2) is 13.4 Å². The van der Waals surface area contributed by atoms with Crippen molar-refractivity contribution in [2.45, 2.75) is 52.5 Å². The van der Waals surface area contributed by atoms with E-state index in [0.717, 1.165) is 27.8 Å². The Balaban J connectivity index is 1.74. The van der Waals surface area contributed by atoms with Gasteiger partial charge in [0, 0.05) is 37.8 Å². The fraction of sp³-hybridized carbons (Fsp3) is 0.524. The molecule has 2 aromatic rings. The molecular weight excluding hydrogens is 420 g/mol. The van der Waals surface area contributed by atoms with Crippen molar-refractivity contribution < 1.29 is 13.2 Å². The summed E-state index contributed by atoms with van der Waals surface area (Å²) in [4.78, 5) is 19.0. The molecule has 1 aromatic carbocycles. The lowest BCUT2D eigenvalue weighted by atomic mass is 9.95. The van der Waals surface area contributed by atoms with Gasteiger partial charge in [0.15, 0.2) is 5.13 Å². The van der Waals surface area contributed by atoms with Crippen molar-refractivity contribution in [1.82, 2.24) is 14.2 Å². The quantitative estimate of drug-likeness (QED) is 0.757. The van der Waals surface area contributed by atoms with Crippen LogP contribution in [0.15, 0.2) is 16.5 Å². The third-order valence-electron chi connectivity index (χ3n) is 6.39. The molecule has 30 heavy (non-hydrogen) atoms. The Morgan fingerprint density at radius 2 is 1.53 bits per heavy atom. The standard InChI is InChI=1S/C21H30N4O3S2/c1-13-14(2)16(4)19(17(5)15(13)3)30(27,28)25-10-8-24(9-11-25)18(6)20(26)23-21-22-7-12-29-21/h7,12,18H,8-11H2,1-6H3,(H,22,23,26). The van der Waals surface area contributed by atoms with Crippen LogP contribution < -0.4 is 5.32 Å². The van der Waals surface area contributed by atoms with Crippen LogP contribution in [0.2, 0.25) is 0 Å². The van der Waals surface area contributed by atoms with E-state index in [9.17, 15) is 13.2 Å². The van der Waals surface area contributed by atoms with Crippen molar-refractivity contribution >= 4 is 32.4 Å². The van der Waals surface area contributed by atoms with Crippen molar-refractivity contribution in [3.63, 3.8) is 0 Å². The van der Waals surface area contributed by atoms with Gasteiger partial charge < -0.3 is 5.32 Å². The van der Waals surface area contributed by atoms with Gasteiger partial charge in [-0.15, -0.1) is 11.3 Å². The monoisotopic (exact) mass is 450 g/mol. The summed E-state index contributed by atoms with van der Waals surface area (Å²) in [5.41, 5.74) is 4.86. The van der Waals surface area contributed by atoms with Crippen LogP contribution in [0.1, 0.15) is 34.7 Å². The van der Waals surface area contributed by atoms with Crippen LogP contribution in [0, 0.1) is 34.6 Å². The maximum Gasteiger partial charge on any atom is 0.243 e. The summed E-state index contributed by atoms with van der Waals surface area (Å²) in [6.07, 6.45) is 1.65.